The van der Waals surface area contributed by atoms with Crippen molar-refractivity contribution in [1.29, 1.82) is 0 Å². The van der Waals surface area contributed by atoms with E-state index in [9.17, 15) is 22.8 Å². The number of carbonyl (C=O) groups excluding carboxylic acids is 2. The number of nitrogens with one attached hydrogen (secondary N) is 1. The second-order valence-electron chi connectivity index (χ2n) is 5.16. The quantitative estimate of drug-likeness (QED) is 0.850. The van der Waals surface area contributed by atoms with E-state index in [4.69, 9.17) is 0 Å². The first-order valence-corrected chi connectivity index (χ1v) is 6.97. The molecule has 0 radical (unpaired) electrons. The summed E-state index contributed by atoms with van der Waals surface area (Å²) >= 11 is 0. The zero-order valence-electron chi connectivity index (χ0n) is 11.7. The number of benzene rings is 1. The van der Waals surface area contributed by atoms with E-state index >= 15 is 0 Å². The molecule has 0 aliphatic carbocycles. The van der Waals surface area contributed by atoms with Crippen molar-refractivity contribution >= 4 is 11.9 Å². The van der Waals surface area contributed by atoms with Crippen LogP contribution in [0.3, 0.4) is 0 Å². The van der Waals surface area contributed by atoms with Gasteiger partial charge in [-0.1, -0.05) is 30.3 Å². The third kappa shape index (κ3) is 4.47. The Balaban J connectivity index is 1.93. The van der Waals surface area contributed by atoms with Crippen LogP contribution in [0.25, 0.3) is 0 Å². The molecule has 1 amide bonds. The summed E-state index contributed by atoms with van der Waals surface area (Å²) in [6.07, 6.45) is -5.84. The summed E-state index contributed by atoms with van der Waals surface area (Å²) in [5.74, 6) is -1.02. The summed E-state index contributed by atoms with van der Waals surface area (Å²) in [7, 11) is 0. The predicted molar refractivity (Wildman–Crippen MR) is 71.7 cm³/mol. The fourth-order valence-electron chi connectivity index (χ4n) is 2.33. The van der Waals surface area contributed by atoms with Crippen molar-refractivity contribution in [2.75, 3.05) is 0 Å². The number of carbonyl (C=O) groups is 2. The summed E-state index contributed by atoms with van der Waals surface area (Å²) in [5.41, 5.74) is -0.113. The maximum atomic E-state index is 13.0. The second-order valence-corrected chi connectivity index (χ2v) is 5.16. The SMILES string of the molecule is O=C1CCC(CCC(=O)OC(c2ccccc2)C(F)(F)F)N1. The van der Waals surface area contributed by atoms with Crippen molar-refractivity contribution in [3.8, 4) is 0 Å². The number of halogens is 3. The van der Waals surface area contributed by atoms with Crippen molar-refractivity contribution in [2.24, 2.45) is 0 Å². The molecule has 1 aromatic rings. The number of amides is 1. The molecule has 2 rings (SSSR count). The molecule has 1 aliphatic heterocycles. The molecule has 0 saturated carbocycles. The number of esters is 1. The lowest BCUT2D eigenvalue weighted by molar-refractivity contribution is -0.224. The molecule has 1 aliphatic rings. The fraction of sp³-hybridized carbons (Fsp3) is 0.467. The van der Waals surface area contributed by atoms with Crippen molar-refractivity contribution in [3.63, 3.8) is 0 Å². The standard InChI is InChI=1S/C15H16F3NO3/c16-15(17,18)14(10-4-2-1-3-5-10)22-13(21)9-7-11-6-8-12(20)19-11/h1-5,11,14H,6-9H2,(H,19,20). The number of hydrogen-bond donors (Lipinski definition) is 1. The smallest absolute Gasteiger partial charge is 0.429 e. The predicted octanol–water partition coefficient (Wildman–Crippen LogP) is 2.89. The molecule has 0 spiro atoms. The zero-order chi connectivity index (χ0) is 16.2. The molecule has 22 heavy (non-hydrogen) atoms. The first-order chi connectivity index (χ1) is 10.4. The Morgan fingerprint density at radius 2 is 2.00 bits per heavy atom. The molecule has 1 aromatic carbocycles. The molecule has 1 saturated heterocycles. The van der Waals surface area contributed by atoms with E-state index in [1.54, 1.807) is 6.07 Å². The van der Waals surface area contributed by atoms with Crippen LogP contribution in [0.1, 0.15) is 37.4 Å². The number of hydrogen-bond acceptors (Lipinski definition) is 3. The molecule has 0 bridgehead atoms. The van der Waals surface area contributed by atoms with E-state index in [0.29, 0.717) is 12.8 Å². The van der Waals surface area contributed by atoms with E-state index in [1.165, 1.54) is 24.3 Å². The molecule has 1 N–H and O–H groups in total. The number of ether oxygens (including phenoxy) is 1. The van der Waals surface area contributed by atoms with Gasteiger partial charge in [-0.3, -0.25) is 9.59 Å². The van der Waals surface area contributed by atoms with Gasteiger partial charge in [-0.2, -0.15) is 13.2 Å². The second kappa shape index (κ2) is 6.81. The van der Waals surface area contributed by atoms with Crippen LogP contribution in [0, 0.1) is 0 Å². The molecule has 1 heterocycles. The summed E-state index contributed by atoms with van der Waals surface area (Å²) in [6, 6.07) is 6.86. The molecule has 4 nitrogen and oxygen atoms in total. The lowest BCUT2D eigenvalue weighted by Gasteiger charge is -2.21. The highest BCUT2D eigenvalue weighted by Crippen LogP contribution is 2.36. The summed E-state index contributed by atoms with van der Waals surface area (Å²) in [5, 5.41) is 2.66. The van der Waals surface area contributed by atoms with E-state index in [0.717, 1.165) is 0 Å². The van der Waals surface area contributed by atoms with Crippen LogP contribution in [0.15, 0.2) is 30.3 Å². The van der Waals surface area contributed by atoms with Gasteiger partial charge in [0.15, 0.2) is 0 Å². The average Bonchev–Trinajstić information content (AvgIpc) is 2.88. The average molecular weight is 315 g/mol. The van der Waals surface area contributed by atoms with Crippen LogP contribution in [0.2, 0.25) is 0 Å². The van der Waals surface area contributed by atoms with Crippen LogP contribution < -0.4 is 5.32 Å². The van der Waals surface area contributed by atoms with Crippen molar-refractivity contribution in [2.45, 2.75) is 44.0 Å². The van der Waals surface area contributed by atoms with Gasteiger partial charge in [-0.25, -0.2) is 0 Å². The normalized spacial score (nSPS) is 19.6. The maximum absolute atomic E-state index is 13.0. The lowest BCUT2D eigenvalue weighted by Crippen LogP contribution is -2.28. The molecule has 2 unspecified atom stereocenters. The van der Waals surface area contributed by atoms with Crippen molar-refractivity contribution < 1.29 is 27.5 Å². The van der Waals surface area contributed by atoms with Crippen molar-refractivity contribution in [1.82, 2.24) is 5.32 Å². The zero-order valence-corrected chi connectivity index (χ0v) is 11.7. The Labute approximate surface area is 125 Å². The Morgan fingerprint density at radius 3 is 2.55 bits per heavy atom. The van der Waals surface area contributed by atoms with Crippen LogP contribution in [0.4, 0.5) is 13.2 Å². The van der Waals surface area contributed by atoms with Gasteiger partial charge in [0.2, 0.25) is 12.0 Å². The van der Waals surface area contributed by atoms with E-state index < -0.39 is 18.2 Å². The van der Waals surface area contributed by atoms with Gasteiger partial charge in [-0.05, 0) is 12.8 Å². The number of alkyl halides is 3. The fourth-order valence-corrected chi connectivity index (χ4v) is 2.33. The molecule has 120 valence electrons. The molecule has 7 heteroatoms. The molecule has 2 atom stereocenters. The van der Waals surface area contributed by atoms with E-state index in [2.05, 4.69) is 10.1 Å². The third-order valence-electron chi connectivity index (χ3n) is 3.43. The highest BCUT2D eigenvalue weighted by Gasteiger charge is 2.44. The van der Waals surface area contributed by atoms with Gasteiger partial charge in [0.25, 0.3) is 0 Å². The topological polar surface area (TPSA) is 55.4 Å². The summed E-state index contributed by atoms with van der Waals surface area (Å²) in [4.78, 5) is 22.7. The van der Waals surface area contributed by atoms with Crippen LogP contribution >= 0.6 is 0 Å². The molecule has 1 fully saturated rings. The van der Waals surface area contributed by atoms with Gasteiger partial charge in [-0.15, -0.1) is 0 Å². The van der Waals surface area contributed by atoms with Crippen LogP contribution in [0.5, 0.6) is 0 Å². The maximum Gasteiger partial charge on any atom is 0.429 e. The highest BCUT2D eigenvalue weighted by molar-refractivity contribution is 5.78. The van der Waals surface area contributed by atoms with Crippen LogP contribution in [-0.4, -0.2) is 24.1 Å². The highest BCUT2D eigenvalue weighted by atomic mass is 19.4. The van der Waals surface area contributed by atoms with Crippen molar-refractivity contribution in [3.05, 3.63) is 35.9 Å². The van der Waals surface area contributed by atoms with Gasteiger partial charge >= 0.3 is 12.1 Å². The minimum Gasteiger partial charge on any atom is -0.448 e. The van der Waals surface area contributed by atoms with E-state index in [-0.39, 0.29) is 30.4 Å². The Hall–Kier alpha value is -2.05. The summed E-state index contributed by atoms with van der Waals surface area (Å²) < 4.78 is 43.7. The van der Waals surface area contributed by atoms with Gasteiger partial charge in [0.05, 0.1) is 0 Å². The Bertz CT molecular complexity index is 531. The van der Waals surface area contributed by atoms with Crippen LogP contribution in [-0.2, 0) is 14.3 Å². The summed E-state index contributed by atoms with van der Waals surface area (Å²) in [6.45, 7) is 0. The molecule has 0 aromatic heterocycles. The van der Waals surface area contributed by atoms with Gasteiger partial charge in [0.1, 0.15) is 0 Å². The first-order valence-electron chi connectivity index (χ1n) is 6.97. The minimum absolute atomic E-state index is 0.101. The molecular weight excluding hydrogens is 299 g/mol. The van der Waals surface area contributed by atoms with E-state index in [1.807, 2.05) is 0 Å². The third-order valence-corrected chi connectivity index (χ3v) is 3.43. The number of rotatable bonds is 5. The Morgan fingerprint density at radius 1 is 1.32 bits per heavy atom. The van der Waals surface area contributed by atoms with Gasteiger partial charge < -0.3 is 10.1 Å². The first kappa shape index (κ1) is 16.3. The van der Waals surface area contributed by atoms with Gasteiger partial charge in [0, 0.05) is 24.4 Å². The molecular formula is C15H16F3NO3. The largest absolute Gasteiger partial charge is 0.448 e. The minimum atomic E-state index is -4.67. The Kier molecular flexibility index (Phi) is 5.05. The lowest BCUT2D eigenvalue weighted by atomic mass is 10.1. The monoisotopic (exact) mass is 315 g/mol.